The predicted molar refractivity (Wildman–Crippen MR) is 197 cm³/mol. The molecule has 5 aromatic rings. The molecule has 5 rings (SSSR count). The maximum Gasteiger partial charge on any atom is 0.407 e. The molecule has 0 radical (unpaired) electrons. The number of imidazole rings is 2. The van der Waals surface area contributed by atoms with Gasteiger partial charge in [-0.2, -0.15) is 0 Å². The lowest BCUT2D eigenvalue weighted by molar-refractivity contribution is -0.131. The van der Waals surface area contributed by atoms with Crippen LogP contribution in [0.2, 0.25) is 0 Å². The number of nitrogens with one attached hydrogen (secondary N) is 4. The van der Waals surface area contributed by atoms with Crippen molar-refractivity contribution in [1.82, 2.24) is 40.4 Å². The van der Waals surface area contributed by atoms with Crippen LogP contribution in [-0.2, 0) is 32.2 Å². The zero-order chi connectivity index (χ0) is 37.0. The summed E-state index contributed by atoms with van der Waals surface area (Å²) >= 11 is 0. The first-order chi connectivity index (χ1) is 25.2. The summed E-state index contributed by atoms with van der Waals surface area (Å²) in [4.78, 5) is 67.3. The average Bonchev–Trinajstić information content (AvgIpc) is 3.81. The molecule has 272 valence electrons. The molecule has 0 aliphatic rings. The van der Waals surface area contributed by atoms with E-state index in [4.69, 9.17) is 0 Å². The molecule has 0 fully saturated rings. The average molecular weight is 709 g/mol. The van der Waals surface area contributed by atoms with Crippen LogP contribution in [-0.4, -0.2) is 94.1 Å². The van der Waals surface area contributed by atoms with Crippen LogP contribution in [0.3, 0.4) is 0 Å². The third-order valence-electron chi connectivity index (χ3n) is 8.42. The second-order valence-electron chi connectivity index (χ2n) is 12.1. The lowest BCUT2D eigenvalue weighted by Crippen LogP contribution is -2.40. The van der Waals surface area contributed by atoms with Crippen molar-refractivity contribution in [2.45, 2.75) is 39.8 Å². The Morgan fingerprint density at radius 2 is 1.13 bits per heavy atom. The Bertz CT molecular complexity index is 1990. The van der Waals surface area contributed by atoms with Crippen LogP contribution in [0.5, 0.6) is 0 Å². The van der Waals surface area contributed by atoms with Crippen LogP contribution in [0.4, 0.5) is 9.59 Å². The number of H-pyrrole nitrogens is 2. The lowest BCUT2D eigenvalue weighted by atomic mass is 9.99. The third-order valence-corrected chi connectivity index (χ3v) is 8.42. The summed E-state index contributed by atoms with van der Waals surface area (Å²) in [5, 5.41) is 4.88. The highest BCUT2D eigenvalue weighted by Gasteiger charge is 2.18. The topological polar surface area (TPSA) is 175 Å². The van der Waals surface area contributed by atoms with Crippen molar-refractivity contribution >= 4 is 35.0 Å². The maximum absolute atomic E-state index is 12.7. The van der Waals surface area contributed by atoms with E-state index < -0.39 is 12.2 Å². The molecule has 14 nitrogen and oxygen atoms in total. The van der Waals surface area contributed by atoms with Gasteiger partial charge in [0.1, 0.15) is 24.7 Å². The first-order valence-electron chi connectivity index (χ1n) is 17.1. The van der Waals surface area contributed by atoms with E-state index >= 15 is 0 Å². The molecule has 0 saturated heterocycles. The Labute approximate surface area is 301 Å². The fraction of sp³-hybridized carbons (Fsp3) is 0.316. The minimum atomic E-state index is -0.650. The monoisotopic (exact) mass is 708 g/mol. The minimum Gasteiger partial charge on any atom is -0.453 e. The van der Waals surface area contributed by atoms with Gasteiger partial charge in [0.15, 0.2) is 0 Å². The number of amides is 4. The number of hydrogen-bond donors (Lipinski definition) is 4. The minimum absolute atomic E-state index is 0.146. The summed E-state index contributed by atoms with van der Waals surface area (Å²) in [5.41, 5.74) is 7.69. The number of carbonyl (C=O) groups is 4. The molecule has 0 spiro atoms. The number of carbonyl (C=O) groups excluding carboxylic acids is 4. The summed E-state index contributed by atoms with van der Waals surface area (Å²) in [7, 11) is 2.51. The number of ether oxygens (including phenoxy) is 2. The zero-order valence-electron chi connectivity index (χ0n) is 29.8. The highest BCUT2D eigenvalue weighted by atomic mass is 16.5. The highest BCUT2D eigenvalue weighted by molar-refractivity contribution is 5.84. The Morgan fingerprint density at radius 1 is 0.654 bits per heavy atom. The number of hydrogen-bond acceptors (Lipinski definition) is 8. The first kappa shape index (κ1) is 37.1. The largest absolute Gasteiger partial charge is 0.453 e. The van der Waals surface area contributed by atoms with Crippen LogP contribution < -0.4 is 10.6 Å². The number of nitrogens with zero attached hydrogens (tertiary/aromatic N) is 4. The lowest BCUT2D eigenvalue weighted by Gasteiger charge is -2.21. The fourth-order valence-electron chi connectivity index (χ4n) is 5.75. The van der Waals surface area contributed by atoms with Crippen LogP contribution in [0.1, 0.15) is 38.3 Å². The molecule has 0 unspecified atom stereocenters. The van der Waals surface area contributed by atoms with Gasteiger partial charge in [0, 0.05) is 13.1 Å². The SMILES string of the molecule is CCCN(Cc1ncc(-c2ccc(-c3ccc(-c4ccc5nc(CN(CCC)C(=O)CNC(=O)OC)[nH]c5c4)cc3)cc2)[nH]1)C(=O)CNC(=O)OC. The molecule has 2 aromatic heterocycles. The molecule has 14 heteroatoms. The molecular weight excluding hydrogens is 664 g/mol. The van der Waals surface area contributed by atoms with Crippen molar-refractivity contribution in [1.29, 1.82) is 0 Å². The van der Waals surface area contributed by atoms with Crippen molar-refractivity contribution in [2.75, 3.05) is 40.4 Å². The molecule has 0 aliphatic carbocycles. The van der Waals surface area contributed by atoms with Crippen molar-refractivity contribution in [3.8, 4) is 33.5 Å². The summed E-state index contributed by atoms with van der Waals surface area (Å²) in [6.45, 7) is 5.34. The van der Waals surface area contributed by atoms with Crippen LogP contribution in [0.25, 0.3) is 44.5 Å². The van der Waals surface area contributed by atoms with Gasteiger partial charge in [0.2, 0.25) is 11.8 Å². The molecule has 4 amide bonds. The molecule has 52 heavy (non-hydrogen) atoms. The van der Waals surface area contributed by atoms with Gasteiger partial charge in [0.25, 0.3) is 0 Å². The second kappa shape index (κ2) is 17.7. The summed E-state index contributed by atoms with van der Waals surface area (Å²) in [5.74, 6) is 0.878. The highest BCUT2D eigenvalue weighted by Crippen LogP contribution is 2.29. The van der Waals surface area contributed by atoms with E-state index in [0.717, 1.165) is 57.4 Å². The van der Waals surface area contributed by atoms with Crippen molar-refractivity contribution < 1.29 is 28.7 Å². The fourth-order valence-corrected chi connectivity index (χ4v) is 5.75. The number of methoxy groups -OCH3 is 2. The van der Waals surface area contributed by atoms with Crippen molar-refractivity contribution in [3.63, 3.8) is 0 Å². The van der Waals surface area contributed by atoms with E-state index in [1.165, 1.54) is 14.2 Å². The number of fused-ring (bicyclic) bond motifs is 1. The number of aromatic amines is 2. The molecule has 2 heterocycles. The van der Waals surface area contributed by atoms with Crippen molar-refractivity contribution in [2.24, 2.45) is 0 Å². The summed E-state index contributed by atoms with van der Waals surface area (Å²) < 4.78 is 9.12. The second-order valence-corrected chi connectivity index (χ2v) is 12.1. The smallest absolute Gasteiger partial charge is 0.407 e. The Balaban J connectivity index is 1.22. The summed E-state index contributed by atoms with van der Waals surface area (Å²) in [6, 6.07) is 22.6. The quantitative estimate of drug-likeness (QED) is 0.111. The molecule has 0 atom stereocenters. The predicted octanol–water partition coefficient (Wildman–Crippen LogP) is 5.48. The third kappa shape index (κ3) is 9.53. The standard InChI is InChI=1S/C38H44N8O6/c1-5-17-45(35(47)21-40-37(49)51-3)23-33-39-20-32(44-33)28-13-11-26(12-14-28)25-7-9-27(10-8-25)29-15-16-30-31(19-29)43-34(42-30)24-46(18-6-2)36(48)22-41-38(50)52-4/h7-16,19-20H,5-6,17-18,21-24H2,1-4H3,(H,39,44)(H,40,49)(H,41,50)(H,42,43). The Hall–Kier alpha value is -6.18. The van der Waals surface area contributed by atoms with E-state index in [9.17, 15) is 19.2 Å². The molecular formula is C38H44N8O6. The molecule has 3 aromatic carbocycles. The van der Waals surface area contributed by atoms with E-state index in [0.29, 0.717) is 37.8 Å². The Kier molecular flexibility index (Phi) is 12.6. The molecule has 4 N–H and O–H groups in total. The number of aromatic nitrogens is 4. The van der Waals surface area contributed by atoms with Crippen LogP contribution in [0.15, 0.2) is 72.9 Å². The van der Waals surface area contributed by atoms with Gasteiger partial charge in [-0.3, -0.25) is 9.59 Å². The number of alkyl carbamates (subject to hydrolysis) is 2. The van der Waals surface area contributed by atoms with Gasteiger partial charge in [-0.25, -0.2) is 19.6 Å². The van der Waals surface area contributed by atoms with Gasteiger partial charge >= 0.3 is 12.2 Å². The molecule has 0 saturated carbocycles. The van der Waals surface area contributed by atoms with Gasteiger partial charge in [0.05, 0.1) is 50.2 Å². The maximum atomic E-state index is 12.7. The van der Waals surface area contributed by atoms with Gasteiger partial charge in [-0.1, -0.05) is 68.4 Å². The number of rotatable bonds is 15. The normalized spacial score (nSPS) is 10.8. The summed E-state index contributed by atoms with van der Waals surface area (Å²) in [6.07, 6.45) is 1.99. The Morgan fingerprint density at radius 3 is 1.65 bits per heavy atom. The van der Waals surface area contributed by atoms with E-state index in [1.54, 1.807) is 16.0 Å². The number of benzene rings is 3. The van der Waals surface area contributed by atoms with E-state index in [-0.39, 0.29) is 24.9 Å². The van der Waals surface area contributed by atoms with Crippen LogP contribution in [0, 0.1) is 0 Å². The van der Waals surface area contributed by atoms with E-state index in [1.807, 2.05) is 38.1 Å². The molecule has 0 bridgehead atoms. The molecule has 0 aliphatic heterocycles. The zero-order valence-corrected chi connectivity index (χ0v) is 29.8. The van der Waals surface area contributed by atoms with Gasteiger partial charge in [-0.15, -0.1) is 0 Å². The van der Waals surface area contributed by atoms with Gasteiger partial charge in [-0.05, 0) is 52.8 Å². The van der Waals surface area contributed by atoms with E-state index in [2.05, 4.69) is 82.5 Å². The van der Waals surface area contributed by atoms with Gasteiger partial charge < -0.3 is 39.9 Å². The van der Waals surface area contributed by atoms with Crippen molar-refractivity contribution in [3.05, 3.63) is 84.6 Å². The first-order valence-corrected chi connectivity index (χ1v) is 17.1. The van der Waals surface area contributed by atoms with Crippen LogP contribution >= 0.6 is 0 Å².